The number of sulfonamides is 1. The molecule has 0 aromatic heterocycles. The van der Waals surface area contributed by atoms with Gasteiger partial charge in [0.15, 0.2) is 0 Å². The molecule has 0 aliphatic carbocycles. The van der Waals surface area contributed by atoms with Crippen molar-refractivity contribution in [2.45, 2.75) is 38.3 Å². The van der Waals surface area contributed by atoms with E-state index in [0.717, 1.165) is 18.7 Å². The number of hydrogen-bond acceptors (Lipinski definition) is 5. The number of hydrogen-bond donors (Lipinski definition) is 2. The number of benzene rings is 1. The number of carboxylic acids is 1. The van der Waals surface area contributed by atoms with Crippen molar-refractivity contribution >= 4 is 21.9 Å². The zero-order valence-electron chi connectivity index (χ0n) is 18.4. The van der Waals surface area contributed by atoms with Crippen LogP contribution in [0.3, 0.4) is 0 Å². The second-order valence-corrected chi connectivity index (χ2v) is 9.70. The van der Waals surface area contributed by atoms with E-state index in [9.17, 15) is 26.4 Å². The van der Waals surface area contributed by atoms with Crippen LogP contribution in [-0.2, 0) is 19.6 Å². The van der Waals surface area contributed by atoms with E-state index in [4.69, 9.17) is 9.90 Å². The van der Waals surface area contributed by atoms with Gasteiger partial charge in [-0.3, -0.25) is 4.79 Å². The molecule has 1 aliphatic heterocycles. The summed E-state index contributed by atoms with van der Waals surface area (Å²) in [6, 6.07) is 6.93. The minimum Gasteiger partial charge on any atom is -0.475 e. The molecular weight excluding hydrogens is 451 g/mol. The highest BCUT2D eigenvalue weighted by Crippen LogP contribution is 2.19. The number of halogens is 3. The number of rotatable bonds is 7. The van der Waals surface area contributed by atoms with Crippen molar-refractivity contribution in [3.05, 3.63) is 29.8 Å². The highest BCUT2D eigenvalue weighted by Gasteiger charge is 2.38. The SMILES string of the molecule is Cc1cccc(S(=O)(=O)N(CCC(=O)N2CCNCC2)CC(C)C)c1.O=C(O)C(F)(F)F. The summed E-state index contributed by atoms with van der Waals surface area (Å²) in [6.07, 6.45) is -4.86. The van der Waals surface area contributed by atoms with Crippen molar-refractivity contribution in [2.75, 3.05) is 39.3 Å². The number of carbonyl (C=O) groups excluding carboxylic acids is 1. The van der Waals surface area contributed by atoms with Gasteiger partial charge in [-0.15, -0.1) is 0 Å². The third-order valence-corrected chi connectivity index (χ3v) is 6.34. The number of alkyl halides is 3. The van der Waals surface area contributed by atoms with Crippen LogP contribution >= 0.6 is 0 Å². The maximum Gasteiger partial charge on any atom is 0.490 e. The summed E-state index contributed by atoms with van der Waals surface area (Å²) >= 11 is 0. The first-order chi connectivity index (χ1) is 14.7. The second-order valence-electron chi connectivity index (χ2n) is 7.76. The van der Waals surface area contributed by atoms with Crippen LogP contribution in [0.2, 0.25) is 0 Å². The van der Waals surface area contributed by atoms with Gasteiger partial charge in [-0.05, 0) is 30.5 Å². The average molecular weight is 482 g/mol. The van der Waals surface area contributed by atoms with Crippen LogP contribution in [0.1, 0.15) is 25.8 Å². The highest BCUT2D eigenvalue weighted by atomic mass is 32.2. The number of piperazine rings is 1. The van der Waals surface area contributed by atoms with Gasteiger partial charge in [0.25, 0.3) is 0 Å². The molecule has 32 heavy (non-hydrogen) atoms. The van der Waals surface area contributed by atoms with Crippen LogP contribution in [0.5, 0.6) is 0 Å². The predicted octanol–water partition coefficient (Wildman–Crippen LogP) is 2.10. The monoisotopic (exact) mass is 481 g/mol. The molecule has 1 aromatic rings. The Kier molecular flexibility index (Phi) is 10.6. The first-order valence-electron chi connectivity index (χ1n) is 10.1. The summed E-state index contributed by atoms with van der Waals surface area (Å²) in [4.78, 5) is 23.4. The Morgan fingerprint density at radius 2 is 1.78 bits per heavy atom. The van der Waals surface area contributed by atoms with Gasteiger partial charge >= 0.3 is 12.1 Å². The molecule has 0 saturated carbocycles. The van der Waals surface area contributed by atoms with E-state index < -0.39 is 22.2 Å². The third kappa shape index (κ3) is 9.13. The Morgan fingerprint density at radius 1 is 1.22 bits per heavy atom. The summed E-state index contributed by atoms with van der Waals surface area (Å²) in [5, 5.41) is 10.3. The molecule has 1 fully saturated rings. The standard InChI is InChI=1S/C18H29N3O3S.C2HF3O2/c1-15(2)14-21(10-7-18(22)20-11-8-19-9-12-20)25(23,24)17-6-4-5-16(3)13-17;3-2(4,5)1(6)7/h4-6,13,15,19H,7-12,14H2,1-3H3;(H,6,7). The van der Waals surface area contributed by atoms with Gasteiger partial charge < -0.3 is 15.3 Å². The van der Waals surface area contributed by atoms with Gasteiger partial charge in [0.2, 0.25) is 15.9 Å². The minimum absolute atomic E-state index is 0.0229. The van der Waals surface area contributed by atoms with Crippen LogP contribution in [0.4, 0.5) is 13.2 Å². The molecule has 1 heterocycles. The Morgan fingerprint density at radius 3 is 2.25 bits per heavy atom. The number of nitrogens with zero attached hydrogens (tertiary/aromatic N) is 2. The topological polar surface area (TPSA) is 107 Å². The number of carboxylic acid groups (broad SMARTS) is 1. The number of nitrogens with one attached hydrogen (secondary N) is 1. The maximum atomic E-state index is 13.0. The summed E-state index contributed by atoms with van der Waals surface area (Å²) < 4.78 is 59.2. The molecule has 8 nitrogen and oxygen atoms in total. The molecule has 2 N–H and O–H groups in total. The van der Waals surface area contributed by atoms with Crippen LogP contribution < -0.4 is 5.32 Å². The van der Waals surface area contributed by atoms with E-state index in [-0.39, 0.29) is 24.8 Å². The van der Waals surface area contributed by atoms with Gasteiger partial charge in [-0.1, -0.05) is 26.0 Å². The van der Waals surface area contributed by atoms with Gasteiger partial charge in [0, 0.05) is 45.7 Å². The minimum atomic E-state index is -5.08. The predicted molar refractivity (Wildman–Crippen MR) is 113 cm³/mol. The lowest BCUT2D eigenvalue weighted by molar-refractivity contribution is -0.192. The summed E-state index contributed by atoms with van der Waals surface area (Å²) in [5.74, 6) is -2.55. The van der Waals surface area contributed by atoms with E-state index in [2.05, 4.69) is 5.32 Å². The molecule has 2 rings (SSSR count). The van der Waals surface area contributed by atoms with E-state index in [0.29, 0.717) is 24.5 Å². The number of aryl methyl sites for hydroxylation is 1. The maximum absolute atomic E-state index is 13.0. The Labute approximate surface area is 186 Å². The van der Waals surface area contributed by atoms with Gasteiger partial charge in [-0.25, -0.2) is 13.2 Å². The summed E-state index contributed by atoms with van der Waals surface area (Å²) in [5.41, 5.74) is 0.905. The molecule has 1 aromatic carbocycles. The zero-order valence-corrected chi connectivity index (χ0v) is 19.2. The van der Waals surface area contributed by atoms with Crippen LogP contribution in [0.25, 0.3) is 0 Å². The molecule has 0 bridgehead atoms. The molecule has 1 aliphatic rings. The van der Waals surface area contributed by atoms with Gasteiger partial charge in [-0.2, -0.15) is 17.5 Å². The normalized spacial score (nSPS) is 14.8. The number of carbonyl (C=O) groups is 2. The van der Waals surface area contributed by atoms with Crippen LogP contribution in [0, 0.1) is 12.8 Å². The molecule has 1 saturated heterocycles. The van der Waals surface area contributed by atoms with Crippen molar-refractivity contribution in [3.8, 4) is 0 Å². The van der Waals surface area contributed by atoms with Gasteiger partial charge in [0.05, 0.1) is 4.90 Å². The van der Waals surface area contributed by atoms with E-state index in [1.54, 1.807) is 18.2 Å². The molecule has 12 heteroatoms. The van der Waals surface area contributed by atoms with Gasteiger partial charge in [0.1, 0.15) is 0 Å². The lowest BCUT2D eigenvalue weighted by Crippen LogP contribution is -2.47. The molecule has 0 radical (unpaired) electrons. The molecule has 0 atom stereocenters. The smallest absolute Gasteiger partial charge is 0.475 e. The van der Waals surface area contributed by atoms with Crippen molar-refractivity contribution in [1.29, 1.82) is 0 Å². The largest absolute Gasteiger partial charge is 0.490 e. The highest BCUT2D eigenvalue weighted by molar-refractivity contribution is 7.89. The van der Waals surface area contributed by atoms with E-state index in [1.807, 2.05) is 31.7 Å². The number of amides is 1. The van der Waals surface area contributed by atoms with E-state index in [1.165, 1.54) is 4.31 Å². The number of aliphatic carboxylic acids is 1. The lowest BCUT2D eigenvalue weighted by atomic mass is 10.2. The zero-order chi connectivity index (χ0) is 24.5. The van der Waals surface area contributed by atoms with Crippen LogP contribution in [0.15, 0.2) is 29.2 Å². The van der Waals surface area contributed by atoms with Crippen molar-refractivity contribution in [3.63, 3.8) is 0 Å². The van der Waals surface area contributed by atoms with Crippen LogP contribution in [-0.4, -0.2) is 80.1 Å². The summed E-state index contributed by atoms with van der Waals surface area (Å²) in [6.45, 7) is 9.43. The molecule has 182 valence electrons. The molecule has 0 unspecified atom stereocenters. The van der Waals surface area contributed by atoms with E-state index >= 15 is 0 Å². The van der Waals surface area contributed by atoms with Crippen molar-refractivity contribution in [1.82, 2.24) is 14.5 Å². The fourth-order valence-electron chi connectivity index (χ4n) is 2.93. The molecule has 1 amide bonds. The Hall–Kier alpha value is -2.18. The Bertz CT molecular complexity index is 869. The third-order valence-electron chi connectivity index (χ3n) is 4.48. The first kappa shape index (κ1) is 27.9. The second kappa shape index (κ2) is 12.2. The van der Waals surface area contributed by atoms with Crippen molar-refractivity contribution < 1.29 is 36.3 Å². The summed E-state index contributed by atoms with van der Waals surface area (Å²) in [7, 11) is -3.59. The Balaban J connectivity index is 0.000000633. The van der Waals surface area contributed by atoms with Crippen molar-refractivity contribution in [2.24, 2.45) is 5.92 Å². The fraction of sp³-hybridized carbons (Fsp3) is 0.600. The quantitative estimate of drug-likeness (QED) is 0.618. The molecular formula is C20H30F3N3O5S. The lowest BCUT2D eigenvalue weighted by Gasteiger charge is -2.29. The average Bonchev–Trinajstić information content (AvgIpc) is 2.71. The molecule has 0 spiro atoms. The first-order valence-corrected chi connectivity index (χ1v) is 11.5. The fourth-order valence-corrected chi connectivity index (χ4v) is 4.64.